The molecule has 12 nitrogen and oxygen atoms in total. The number of hydrogen-bond acceptors (Lipinski definition) is 6. The topological polar surface area (TPSA) is 202 Å². The van der Waals surface area contributed by atoms with Crippen molar-refractivity contribution in [2.75, 3.05) is 0 Å². The zero-order valence-electron chi connectivity index (χ0n) is 29.2. The molecular weight excluding hydrogens is 756 g/mol. The number of nitrogens with one attached hydrogen (secondary N) is 4. The number of carbonyl (C=O) groups is 4. The molecule has 0 radical (unpaired) electrons. The van der Waals surface area contributed by atoms with E-state index in [1.54, 1.807) is 30.3 Å². The molecular formula is C39H31ClF4N8O4. The molecule has 17 heteroatoms. The number of rotatable bonds is 13. The third-order valence-corrected chi connectivity index (χ3v) is 9.21. The summed E-state index contributed by atoms with van der Waals surface area (Å²) in [6.45, 7) is 1.26. The van der Waals surface area contributed by atoms with Crippen molar-refractivity contribution >= 4 is 35.2 Å². The molecule has 0 spiro atoms. The van der Waals surface area contributed by atoms with Gasteiger partial charge in [-0.15, -0.1) is 0 Å². The van der Waals surface area contributed by atoms with Gasteiger partial charge in [0.1, 0.15) is 23.3 Å². The fraction of sp³-hybridized carbons (Fsp3) is 0.128. The van der Waals surface area contributed by atoms with Crippen LogP contribution in [0.3, 0.4) is 0 Å². The van der Waals surface area contributed by atoms with Gasteiger partial charge in [0.25, 0.3) is 11.8 Å². The van der Waals surface area contributed by atoms with Crippen LogP contribution in [0.4, 0.5) is 17.6 Å². The van der Waals surface area contributed by atoms with Gasteiger partial charge < -0.3 is 22.1 Å². The van der Waals surface area contributed by atoms with Crippen molar-refractivity contribution in [3.05, 3.63) is 141 Å². The molecule has 6 rings (SSSR count). The van der Waals surface area contributed by atoms with Crippen LogP contribution in [0.2, 0.25) is 5.02 Å². The molecule has 2 aromatic heterocycles. The average Bonchev–Trinajstić information content (AvgIpc) is 3.83. The molecule has 6 aromatic rings. The summed E-state index contributed by atoms with van der Waals surface area (Å²) in [5, 5.41) is 18.3. The number of nitrogens with zero attached hydrogens (tertiary/aromatic N) is 2. The number of nitrogens with two attached hydrogens (primary N) is 2. The van der Waals surface area contributed by atoms with Gasteiger partial charge in [-0.3, -0.25) is 29.4 Å². The summed E-state index contributed by atoms with van der Waals surface area (Å²) in [5.74, 6) is -6.79. The first-order valence-corrected chi connectivity index (χ1v) is 17.2. The molecule has 8 N–H and O–H groups in total. The minimum atomic E-state index is -1.32. The number of hydrogen-bond donors (Lipinski definition) is 6. The van der Waals surface area contributed by atoms with Crippen LogP contribution in [0.25, 0.3) is 33.6 Å². The van der Waals surface area contributed by atoms with Crippen molar-refractivity contribution in [3.63, 3.8) is 0 Å². The van der Waals surface area contributed by atoms with Crippen LogP contribution >= 0.6 is 11.6 Å². The van der Waals surface area contributed by atoms with Gasteiger partial charge in [0, 0.05) is 27.3 Å². The Morgan fingerprint density at radius 1 is 0.714 bits per heavy atom. The maximum atomic E-state index is 16.1. The molecule has 0 bridgehead atoms. The normalized spacial score (nSPS) is 12.2. The van der Waals surface area contributed by atoms with Crippen molar-refractivity contribution in [3.8, 4) is 33.6 Å². The van der Waals surface area contributed by atoms with E-state index in [9.17, 15) is 23.6 Å². The maximum Gasteiger partial charge on any atom is 0.255 e. The van der Waals surface area contributed by atoms with Gasteiger partial charge in [-0.05, 0) is 60.0 Å². The Kier molecular flexibility index (Phi) is 11.3. The summed E-state index contributed by atoms with van der Waals surface area (Å²) < 4.78 is 62.5. The fourth-order valence-electron chi connectivity index (χ4n) is 6.31. The van der Waals surface area contributed by atoms with Crippen LogP contribution in [-0.2, 0) is 9.59 Å². The summed E-state index contributed by atoms with van der Waals surface area (Å²) in [5.41, 5.74) is 9.71. The summed E-state index contributed by atoms with van der Waals surface area (Å²) in [6.07, 6.45) is 1.41. The first kappa shape index (κ1) is 38.9. The van der Waals surface area contributed by atoms with Crippen LogP contribution in [0.15, 0.2) is 85.2 Å². The molecule has 56 heavy (non-hydrogen) atoms. The number of halogens is 5. The van der Waals surface area contributed by atoms with E-state index in [2.05, 4.69) is 31.0 Å². The second-order valence-corrected chi connectivity index (χ2v) is 13.1. The zero-order valence-corrected chi connectivity index (χ0v) is 30.0. The molecule has 0 fully saturated rings. The molecule has 4 amide bonds. The largest absolute Gasteiger partial charge is 0.370 e. The highest BCUT2D eigenvalue weighted by molar-refractivity contribution is 6.30. The van der Waals surface area contributed by atoms with Crippen LogP contribution < -0.4 is 22.1 Å². The highest BCUT2D eigenvalue weighted by Crippen LogP contribution is 2.37. The standard InChI is InChI=1S/C39H31ClF4N8O4/c1-18-34(37-26(17-48-52-37)39(56)49-30(14-32(45)53)20-5-4-6-21(40)11-20)29(43)13-24(35(18)44)19-9-10-22(28(42)12-19)31(15-33(46)54)50-38(55)25-16-47-51-36(25)23-7-2-3-8-27(23)41/h2-13,16-17,30-31H,14-15H2,1H3,(H2,45,53)(H2,46,54)(H,47,51)(H,48,52)(H,49,56)(H,50,55)/t30-,31-/m0/s1. The molecule has 2 atom stereocenters. The van der Waals surface area contributed by atoms with Gasteiger partial charge in [0.05, 0.1) is 59.8 Å². The lowest BCUT2D eigenvalue weighted by atomic mass is 9.93. The Hall–Kier alpha value is -6.81. The molecule has 0 aliphatic heterocycles. The van der Waals surface area contributed by atoms with Gasteiger partial charge in [0.2, 0.25) is 11.8 Å². The van der Waals surface area contributed by atoms with E-state index >= 15 is 13.2 Å². The zero-order chi connectivity index (χ0) is 40.3. The van der Waals surface area contributed by atoms with Crippen molar-refractivity contribution in [1.29, 1.82) is 0 Å². The molecule has 2 heterocycles. The lowest BCUT2D eigenvalue weighted by molar-refractivity contribution is -0.119. The van der Waals surface area contributed by atoms with Gasteiger partial charge in [0.15, 0.2) is 0 Å². The van der Waals surface area contributed by atoms with Crippen molar-refractivity contribution in [1.82, 2.24) is 31.0 Å². The predicted molar refractivity (Wildman–Crippen MR) is 198 cm³/mol. The van der Waals surface area contributed by atoms with Crippen LogP contribution in [-0.4, -0.2) is 44.0 Å². The number of aromatic amines is 2. The number of amides is 4. The average molecular weight is 787 g/mol. The Morgan fingerprint density at radius 3 is 1.98 bits per heavy atom. The van der Waals surface area contributed by atoms with Gasteiger partial charge >= 0.3 is 0 Å². The number of carbonyl (C=O) groups excluding carboxylic acids is 4. The molecule has 4 aromatic carbocycles. The second kappa shape index (κ2) is 16.3. The number of benzene rings is 4. The van der Waals surface area contributed by atoms with E-state index in [4.69, 9.17) is 23.1 Å². The van der Waals surface area contributed by atoms with Crippen molar-refractivity contribution in [2.24, 2.45) is 11.5 Å². The minimum absolute atomic E-state index is 0.0401. The van der Waals surface area contributed by atoms with Gasteiger partial charge in [-0.2, -0.15) is 10.2 Å². The van der Waals surface area contributed by atoms with Crippen molar-refractivity contribution in [2.45, 2.75) is 31.8 Å². The predicted octanol–water partition coefficient (Wildman–Crippen LogP) is 6.35. The second-order valence-electron chi connectivity index (χ2n) is 12.7. The Bertz CT molecular complexity index is 2500. The van der Waals surface area contributed by atoms with E-state index in [1.165, 1.54) is 37.3 Å². The first-order valence-electron chi connectivity index (χ1n) is 16.8. The summed E-state index contributed by atoms with van der Waals surface area (Å²) in [4.78, 5) is 50.7. The van der Waals surface area contributed by atoms with Crippen LogP contribution in [0.1, 0.15) is 62.3 Å². The minimum Gasteiger partial charge on any atom is -0.370 e. The molecule has 0 aliphatic carbocycles. The van der Waals surface area contributed by atoms with E-state index in [-0.39, 0.29) is 62.3 Å². The van der Waals surface area contributed by atoms with E-state index < -0.39 is 65.4 Å². The highest BCUT2D eigenvalue weighted by atomic mass is 35.5. The number of aromatic nitrogens is 4. The van der Waals surface area contributed by atoms with E-state index in [0.717, 1.165) is 24.5 Å². The van der Waals surface area contributed by atoms with Crippen LogP contribution in [0.5, 0.6) is 0 Å². The number of primary amides is 2. The summed E-state index contributed by atoms with van der Waals surface area (Å²) >= 11 is 6.10. The third-order valence-electron chi connectivity index (χ3n) is 8.97. The van der Waals surface area contributed by atoms with E-state index in [0.29, 0.717) is 10.6 Å². The van der Waals surface area contributed by atoms with Gasteiger partial charge in [-0.25, -0.2) is 17.6 Å². The molecule has 0 saturated carbocycles. The molecule has 0 unspecified atom stereocenters. The quantitative estimate of drug-likeness (QED) is 0.0737. The molecule has 0 saturated heterocycles. The summed E-state index contributed by atoms with van der Waals surface area (Å²) in [7, 11) is 0. The Balaban J connectivity index is 1.28. The Labute approximate surface area is 320 Å². The smallest absolute Gasteiger partial charge is 0.255 e. The van der Waals surface area contributed by atoms with Crippen LogP contribution in [0, 0.1) is 30.2 Å². The molecule has 286 valence electrons. The highest BCUT2D eigenvalue weighted by Gasteiger charge is 2.28. The number of H-pyrrole nitrogens is 2. The first-order chi connectivity index (χ1) is 26.7. The lowest BCUT2D eigenvalue weighted by Crippen LogP contribution is -2.32. The van der Waals surface area contributed by atoms with E-state index in [1.807, 2.05) is 0 Å². The lowest BCUT2D eigenvalue weighted by Gasteiger charge is -2.20. The summed E-state index contributed by atoms with van der Waals surface area (Å²) in [6, 6.07) is 14.0. The maximum absolute atomic E-state index is 16.1. The third kappa shape index (κ3) is 8.14. The molecule has 0 aliphatic rings. The van der Waals surface area contributed by atoms with Gasteiger partial charge in [-0.1, -0.05) is 48.0 Å². The SMILES string of the molecule is Cc1c(F)c(-c2ccc([C@H](CC(N)=O)NC(=O)c3cn[nH]c3-c3ccccc3F)c(F)c2)cc(F)c1-c1[nH]ncc1C(=O)N[C@@H](CC(N)=O)c1cccc(Cl)c1. The van der Waals surface area contributed by atoms with Crippen molar-refractivity contribution < 1.29 is 36.7 Å². The Morgan fingerprint density at radius 2 is 1.34 bits per heavy atom. The fourth-order valence-corrected chi connectivity index (χ4v) is 6.51. The monoisotopic (exact) mass is 786 g/mol.